The van der Waals surface area contributed by atoms with Crippen LogP contribution in [0.15, 0.2) is 18.2 Å². The van der Waals surface area contributed by atoms with Crippen molar-refractivity contribution in [3.05, 3.63) is 29.3 Å². The molecule has 3 nitrogen and oxygen atoms in total. The summed E-state index contributed by atoms with van der Waals surface area (Å²) in [6.07, 6.45) is 4.33. The highest BCUT2D eigenvalue weighted by atomic mass is 16.1. The smallest absolute Gasteiger partial charge is 0.224 e. The zero-order valence-corrected chi connectivity index (χ0v) is 13.0. The number of amides is 1. The standard InChI is InChI=1S/C17H28N2O/c1-4-14-7-6-8-15(5-2)17(14)19-16(20)10-9-13(3)11-12-18/h6-8,13H,4-5,9-12,18H2,1-3H3,(H,19,20). The molecule has 3 heteroatoms. The van der Waals surface area contributed by atoms with Gasteiger partial charge in [-0.3, -0.25) is 4.79 Å². The zero-order valence-electron chi connectivity index (χ0n) is 13.0. The summed E-state index contributed by atoms with van der Waals surface area (Å²) in [5.74, 6) is 0.627. The predicted molar refractivity (Wildman–Crippen MR) is 85.9 cm³/mol. The van der Waals surface area contributed by atoms with Crippen molar-refractivity contribution in [2.45, 2.75) is 52.9 Å². The molecule has 0 bridgehead atoms. The molecule has 1 aromatic carbocycles. The lowest BCUT2D eigenvalue weighted by molar-refractivity contribution is -0.116. The predicted octanol–water partition coefficient (Wildman–Crippen LogP) is 3.52. The first-order valence-electron chi connectivity index (χ1n) is 7.73. The highest BCUT2D eigenvalue weighted by Crippen LogP contribution is 2.23. The first-order chi connectivity index (χ1) is 9.62. The number of anilines is 1. The normalized spacial score (nSPS) is 12.2. The lowest BCUT2D eigenvalue weighted by Crippen LogP contribution is -2.16. The van der Waals surface area contributed by atoms with Crippen molar-refractivity contribution >= 4 is 11.6 Å². The van der Waals surface area contributed by atoms with Crippen LogP contribution in [0.1, 0.15) is 51.2 Å². The van der Waals surface area contributed by atoms with Gasteiger partial charge in [0, 0.05) is 12.1 Å². The minimum Gasteiger partial charge on any atom is -0.330 e. The van der Waals surface area contributed by atoms with E-state index in [-0.39, 0.29) is 5.91 Å². The van der Waals surface area contributed by atoms with Crippen LogP contribution in [0.2, 0.25) is 0 Å². The van der Waals surface area contributed by atoms with Crippen LogP contribution >= 0.6 is 0 Å². The molecule has 0 fully saturated rings. The molecule has 0 saturated heterocycles. The summed E-state index contributed by atoms with van der Waals surface area (Å²) in [5.41, 5.74) is 8.99. The summed E-state index contributed by atoms with van der Waals surface area (Å²) in [5, 5.41) is 3.11. The molecule has 0 aliphatic heterocycles. The Morgan fingerprint density at radius 2 is 1.80 bits per heavy atom. The summed E-state index contributed by atoms with van der Waals surface area (Å²) in [7, 11) is 0. The summed E-state index contributed by atoms with van der Waals surface area (Å²) in [6, 6.07) is 6.24. The van der Waals surface area contributed by atoms with Crippen LogP contribution < -0.4 is 11.1 Å². The van der Waals surface area contributed by atoms with E-state index in [4.69, 9.17) is 5.73 Å². The number of nitrogens with one attached hydrogen (secondary N) is 1. The fraction of sp³-hybridized carbons (Fsp3) is 0.588. The molecule has 1 rings (SSSR count). The third-order valence-electron chi connectivity index (χ3n) is 3.79. The largest absolute Gasteiger partial charge is 0.330 e. The monoisotopic (exact) mass is 276 g/mol. The second-order valence-electron chi connectivity index (χ2n) is 5.43. The quantitative estimate of drug-likeness (QED) is 0.763. The number of para-hydroxylation sites is 1. The Labute approximate surface area is 122 Å². The molecule has 3 N–H and O–H groups in total. The average Bonchev–Trinajstić information content (AvgIpc) is 2.45. The van der Waals surface area contributed by atoms with E-state index in [1.165, 1.54) is 11.1 Å². The summed E-state index contributed by atoms with van der Waals surface area (Å²) in [6.45, 7) is 7.08. The van der Waals surface area contributed by atoms with Gasteiger partial charge < -0.3 is 11.1 Å². The number of benzene rings is 1. The van der Waals surface area contributed by atoms with Crippen molar-refractivity contribution in [2.24, 2.45) is 11.7 Å². The fourth-order valence-corrected chi connectivity index (χ4v) is 2.41. The molecule has 1 aromatic rings. The number of nitrogens with two attached hydrogens (primary N) is 1. The van der Waals surface area contributed by atoms with E-state index in [1.807, 2.05) is 0 Å². The molecule has 0 heterocycles. The Morgan fingerprint density at radius 3 is 2.30 bits per heavy atom. The van der Waals surface area contributed by atoms with Gasteiger partial charge in [-0.2, -0.15) is 0 Å². The van der Waals surface area contributed by atoms with Gasteiger partial charge in [0.1, 0.15) is 0 Å². The van der Waals surface area contributed by atoms with Gasteiger partial charge in [-0.25, -0.2) is 0 Å². The van der Waals surface area contributed by atoms with Gasteiger partial charge in [-0.15, -0.1) is 0 Å². The van der Waals surface area contributed by atoms with E-state index in [0.29, 0.717) is 18.9 Å². The van der Waals surface area contributed by atoms with Crippen LogP contribution in [0.3, 0.4) is 0 Å². The third kappa shape index (κ3) is 4.97. The maximum atomic E-state index is 12.1. The van der Waals surface area contributed by atoms with Crippen molar-refractivity contribution in [2.75, 3.05) is 11.9 Å². The molecular formula is C17H28N2O. The topological polar surface area (TPSA) is 55.1 Å². The number of hydrogen-bond acceptors (Lipinski definition) is 2. The number of hydrogen-bond donors (Lipinski definition) is 2. The zero-order chi connectivity index (χ0) is 15.0. The molecule has 1 atom stereocenters. The van der Waals surface area contributed by atoms with Gasteiger partial charge in [0.25, 0.3) is 0 Å². The number of rotatable bonds is 8. The Kier molecular flexibility index (Phi) is 7.31. The Morgan fingerprint density at radius 1 is 1.20 bits per heavy atom. The summed E-state index contributed by atoms with van der Waals surface area (Å²) in [4.78, 5) is 12.1. The van der Waals surface area contributed by atoms with Crippen LogP contribution in [0.4, 0.5) is 5.69 Å². The first-order valence-corrected chi connectivity index (χ1v) is 7.73. The van der Waals surface area contributed by atoms with Crippen LogP contribution in [0.5, 0.6) is 0 Å². The van der Waals surface area contributed by atoms with E-state index < -0.39 is 0 Å². The number of carbonyl (C=O) groups excluding carboxylic acids is 1. The Hall–Kier alpha value is -1.35. The highest BCUT2D eigenvalue weighted by Gasteiger charge is 2.11. The highest BCUT2D eigenvalue weighted by molar-refractivity contribution is 5.92. The van der Waals surface area contributed by atoms with E-state index in [2.05, 4.69) is 44.3 Å². The van der Waals surface area contributed by atoms with Gasteiger partial charge in [-0.05, 0) is 49.3 Å². The third-order valence-corrected chi connectivity index (χ3v) is 3.79. The van der Waals surface area contributed by atoms with Crippen molar-refractivity contribution in [3.63, 3.8) is 0 Å². The van der Waals surface area contributed by atoms with Crippen LogP contribution in [-0.2, 0) is 17.6 Å². The lowest BCUT2D eigenvalue weighted by atomic mass is 10.0. The fourth-order valence-electron chi connectivity index (χ4n) is 2.41. The van der Waals surface area contributed by atoms with Crippen molar-refractivity contribution in [1.29, 1.82) is 0 Å². The van der Waals surface area contributed by atoms with Crippen LogP contribution in [-0.4, -0.2) is 12.5 Å². The van der Waals surface area contributed by atoms with Crippen molar-refractivity contribution < 1.29 is 4.79 Å². The summed E-state index contributed by atoms with van der Waals surface area (Å²) < 4.78 is 0. The molecule has 0 aromatic heterocycles. The molecule has 20 heavy (non-hydrogen) atoms. The SMILES string of the molecule is CCc1cccc(CC)c1NC(=O)CCC(C)CCN. The Bertz CT molecular complexity index is 407. The molecule has 0 radical (unpaired) electrons. The molecule has 1 amide bonds. The Balaban J connectivity index is 2.65. The van der Waals surface area contributed by atoms with Crippen LogP contribution in [0, 0.1) is 5.92 Å². The minimum absolute atomic E-state index is 0.115. The van der Waals surface area contributed by atoms with Gasteiger partial charge in [-0.1, -0.05) is 39.0 Å². The van der Waals surface area contributed by atoms with E-state index in [9.17, 15) is 4.79 Å². The van der Waals surface area contributed by atoms with E-state index in [1.54, 1.807) is 0 Å². The number of carbonyl (C=O) groups is 1. The maximum Gasteiger partial charge on any atom is 0.224 e. The van der Waals surface area contributed by atoms with Crippen molar-refractivity contribution in [1.82, 2.24) is 0 Å². The molecule has 0 aliphatic carbocycles. The summed E-state index contributed by atoms with van der Waals surface area (Å²) >= 11 is 0. The molecule has 112 valence electrons. The van der Waals surface area contributed by atoms with Gasteiger partial charge in [0.2, 0.25) is 5.91 Å². The minimum atomic E-state index is 0.115. The van der Waals surface area contributed by atoms with Crippen molar-refractivity contribution in [3.8, 4) is 0 Å². The van der Waals surface area contributed by atoms with E-state index in [0.717, 1.165) is 31.4 Å². The molecule has 0 saturated carbocycles. The molecule has 0 spiro atoms. The second kappa shape index (κ2) is 8.75. The maximum absolute atomic E-state index is 12.1. The molecule has 1 unspecified atom stereocenters. The number of aryl methyl sites for hydroxylation is 2. The first kappa shape index (κ1) is 16.7. The van der Waals surface area contributed by atoms with Gasteiger partial charge in [0.05, 0.1) is 0 Å². The molecular weight excluding hydrogens is 248 g/mol. The second-order valence-corrected chi connectivity index (χ2v) is 5.43. The molecule has 0 aliphatic rings. The van der Waals surface area contributed by atoms with E-state index >= 15 is 0 Å². The van der Waals surface area contributed by atoms with Crippen LogP contribution in [0.25, 0.3) is 0 Å². The lowest BCUT2D eigenvalue weighted by Gasteiger charge is -2.15. The van der Waals surface area contributed by atoms with Gasteiger partial charge in [0.15, 0.2) is 0 Å². The average molecular weight is 276 g/mol. The van der Waals surface area contributed by atoms with Gasteiger partial charge >= 0.3 is 0 Å².